The Labute approximate surface area is 199 Å². The molecule has 8 heteroatoms. The second-order valence-electron chi connectivity index (χ2n) is 7.96. The summed E-state index contributed by atoms with van der Waals surface area (Å²) in [6, 6.07) is 13.5. The molecule has 0 unspecified atom stereocenters. The Balaban J connectivity index is 1.44. The second kappa shape index (κ2) is 9.50. The normalized spacial score (nSPS) is 17.3. The summed E-state index contributed by atoms with van der Waals surface area (Å²) < 4.78 is 6.47. The van der Waals surface area contributed by atoms with Crippen molar-refractivity contribution in [3.05, 3.63) is 68.5 Å². The highest BCUT2D eigenvalue weighted by molar-refractivity contribution is 9.10. The summed E-state index contributed by atoms with van der Waals surface area (Å²) in [5.74, 6) is 0.0457. The molecular formula is C24H23BrN2O4S. The average molecular weight is 515 g/mol. The Bertz CT molecular complexity index is 1110. The van der Waals surface area contributed by atoms with Crippen LogP contribution < -0.4 is 4.74 Å². The van der Waals surface area contributed by atoms with Gasteiger partial charge in [0.05, 0.1) is 15.5 Å². The highest BCUT2D eigenvalue weighted by atomic mass is 79.9. The van der Waals surface area contributed by atoms with Crippen molar-refractivity contribution >= 4 is 50.8 Å². The largest absolute Gasteiger partial charge is 0.490 e. The molecule has 0 saturated carbocycles. The number of halogens is 1. The van der Waals surface area contributed by atoms with E-state index < -0.39 is 11.1 Å². The zero-order chi connectivity index (χ0) is 22.8. The van der Waals surface area contributed by atoms with E-state index in [1.165, 1.54) is 5.56 Å². The van der Waals surface area contributed by atoms with Crippen molar-refractivity contribution in [2.24, 2.45) is 0 Å². The number of hydrogen-bond donors (Lipinski definition) is 0. The molecule has 32 heavy (non-hydrogen) atoms. The Morgan fingerprint density at radius 2 is 1.94 bits per heavy atom. The predicted molar refractivity (Wildman–Crippen MR) is 128 cm³/mol. The molecule has 0 aromatic heterocycles. The van der Waals surface area contributed by atoms with Gasteiger partial charge in [-0.2, -0.15) is 0 Å². The Morgan fingerprint density at radius 1 is 1.19 bits per heavy atom. The zero-order valence-electron chi connectivity index (χ0n) is 17.8. The molecule has 2 aromatic carbocycles. The van der Waals surface area contributed by atoms with Crippen molar-refractivity contribution in [3.63, 3.8) is 0 Å². The van der Waals surface area contributed by atoms with Crippen LogP contribution in [0.25, 0.3) is 6.08 Å². The summed E-state index contributed by atoms with van der Waals surface area (Å²) in [6.45, 7) is 4.73. The standard InChI is InChI=1S/C24H23BrN2O4S/c1-15(2)31-20-8-7-16(11-19(20)25)12-21-23(29)27(24(30)32-21)14-22(28)26-10-9-17-5-3-4-6-18(17)13-26/h3-8,11-12,15H,9-10,13-14H2,1-2H3/b21-12-. The van der Waals surface area contributed by atoms with E-state index in [0.29, 0.717) is 23.7 Å². The summed E-state index contributed by atoms with van der Waals surface area (Å²) in [7, 11) is 0. The van der Waals surface area contributed by atoms with E-state index in [1.807, 2.05) is 50.2 Å². The maximum atomic E-state index is 12.8. The first-order valence-corrected chi connectivity index (χ1v) is 12.0. The molecule has 0 bridgehead atoms. The van der Waals surface area contributed by atoms with Crippen LogP contribution in [0.1, 0.15) is 30.5 Å². The molecule has 4 rings (SSSR count). The number of amides is 3. The zero-order valence-corrected chi connectivity index (χ0v) is 20.2. The van der Waals surface area contributed by atoms with Gasteiger partial charge in [-0.1, -0.05) is 30.3 Å². The first-order valence-electron chi connectivity index (χ1n) is 10.4. The number of carbonyl (C=O) groups excluding carboxylic acids is 3. The first kappa shape index (κ1) is 22.6. The van der Waals surface area contributed by atoms with E-state index in [1.54, 1.807) is 11.0 Å². The van der Waals surface area contributed by atoms with Gasteiger partial charge in [0.25, 0.3) is 11.1 Å². The number of imide groups is 1. The highest BCUT2D eigenvalue weighted by Crippen LogP contribution is 2.34. The summed E-state index contributed by atoms with van der Waals surface area (Å²) in [4.78, 5) is 41.2. The molecule has 2 aliphatic heterocycles. The van der Waals surface area contributed by atoms with Crippen LogP contribution >= 0.6 is 27.7 Å². The lowest BCUT2D eigenvalue weighted by molar-refractivity contribution is -0.136. The molecular weight excluding hydrogens is 492 g/mol. The van der Waals surface area contributed by atoms with Crippen LogP contribution in [-0.4, -0.2) is 46.0 Å². The molecule has 0 spiro atoms. The molecule has 2 aromatic rings. The van der Waals surface area contributed by atoms with Crippen LogP contribution in [0, 0.1) is 0 Å². The fourth-order valence-corrected chi connectivity index (χ4v) is 5.02. The molecule has 2 aliphatic rings. The topological polar surface area (TPSA) is 66.9 Å². The summed E-state index contributed by atoms with van der Waals surface area (Å²) in [5.41, 5.74) is 3.11. The van der Waals surface area contributed by atoms with Gasteiger partial charge in [-0.15, -0.1) is 0 Å². The minimum atomic E-state index is -0.440. The molecule has 166 valence electrons. The van der Waals surface area contributed by atoms with Gasteiger partial charge in [-0.3, -0.25) is 19.3 Å². The van der Waals surface area contributed by atoms with Gasteiger partial charge < -0.3 is 9.64 Å². The van der Waals surface area contributed by atoms with Crippen LogP contribution in [0.15, 0.2) is 51.8 Å². The highest BCUT2D eigenvalue weighted by Gasteiger charge is 2.37. The molecule has 0 atom stereocenters. The lowest BCUT2D eigenvalue weighted by Crippen LogP contribution is -2.44. The minimum absolute atomic E-state index is 0.0413. The summed E-state index contributed by atoms with van der Waals surface area (Å²) in [6.07, 6.45) is 2.48. The van der Waals surface area contributed by atoms with Gasteiger partial charge in [-0.25, -0.2) is 0 Å². The van der Waals surface area contributed by atoms with Gasteiger partial charge in [0.2, 0.25) is 5.91 Å². The Hall–Kier alpha value is -2.58. The monoisotopic (exact) mass is 514 g/mol. The van der Waals surface area contributed by atoms with Crippen LogP contribution in [0.3, 0.4) is 0 Å². The van der Waals surface area contributed by atoms with Crippen molar-refractivity contribution in [2.75, 3.05) is 13.1 Å². The van der Waals surface area contributed by atoms with E-state index in [0.717, 1.165) is 38.7 Å². The molecule has 0 N–H and O–H groups in total. The molecule has 1 fully saturated rings. The number of thioether (sulfide) groups is 1. The third-order valence-corrected chi connectivity index (χ3v) is 6.79. The van der Waals surface area contributed by atoms with Crippen molar-refractivity contribution in [1.82, 2.24) is 9.80 Å². The quantitative estimate of drug-likeness (QED) is 0.533. The van der Waals surface area contributed by atoms with Gasteiger partial charge in [0.15, 0.2) is 0 Å². The Kier molecular flexibility index (Phi) is 6.71. The van der Waals surface area contributed by atoms with Crippen molar-refractivity contribution in [2.45, 2.75) is 32.9 Å². The number of hydrogen-bond acceptors (Lipinski definition) is 5. The molecule has 0 aliphatic carbocycles. The predicted octanol–water partition coefficient (Wildman–Crippen LogP) is 4.86. The van der Waals surface area contributed by atoms with Crippen LogP contribution in [0.5, 0.6) is 5.75 Å². The van der Waals surface area contributed by atoms with Gasteiger partial charge in [-0.05, 0) is 82.9 Å². The van der Waals surface area contributed by atoms with Crippen molar-refractivity contribution in [1.29, 1.82) is 0 Å². The molecule has 3 amide bonds. The molecule has 6 nitrogen and oxygen atoms in total. The number of rotatable bonds is 5. The minimum Gasteiger partial charge on any atom is -0.490 e. The summed E-state index contributed by atoms with van der Waals surface area (Å²) >= 11 is 4.33. The lowest BCUT2D eigenvalue weighted by atomic mass is 10.00. The smallest absolute Gasteiger partial charge is 0.294 e. The fourth-order valence-electron chi connectivity index (χ4n) is 3.69. The number of benzene rings is 2. The number of fused-ring (bicyclic) bond motifs is 1. The van der Waals surface area contributed by atoms with Gasteiger partial charge in [0, 0.05) is 13.1 Å². The Morgan fingerprint density at radius 3 is 2.66 bits per heavy atom. The molecule has 0 radical (unpaired) electrons. The van der Waals surface area contributed by atoms with Crippen molar-refractivity contribution in [3.8, 4) is 5.75 Å². The van der Waals surface area contributed by atoms with E-state index in [9.17, 15) is 14.4 Å². The third-order valence-electron chi connectivity index (χ3n) is 5.27. The third kappa shape index (κ3) is 4.91. The van der Waals surface area contributed by atoms with Crippen molar-refractivity contribution < 1.29 is 19.1 Å². The average Bonchev–Trinajstić information content (AvgIpc) is 3.02. The van der Waals surface area contributed by atoms with E-state index in [2.05, 4.69) is 22.0 Å². The SMILES string of the molecule is CC(C)Oc1ccc(/C=C2\SC(=O)N(CC(=O)N3CCc4ccccc4C3)C2=O)cc1Br. The molecule has 1 saturated heterocycles. The van der Waals surface area contributed by atoms with Gasteiger partial charge >= 0.3 is 0 Å². The van der Waals surface area contributed by atoms with Crippen LogP contribution in [0.4, 0.5) is 4.79 Å². The maximum Gasteiger partial charge on any atom is 0.294 e. The lowest BCUT2D eigenvalue weighted by Gasteiger charge is -2.29. The van der Waals surface area contributed by atoms with Gasteiger partial charge in [0.1, 0.15) is 12.3 Å². The van der Waals surface area contributed by atoms with E-state index in [-0.39, 0.29) is 18.6 Å². The fraction of sp³-hybridized carbons (Fsp3) is 0.292. The second-order valence-corrected chi connectivity index (χ2v) is 9.81. The van der Waals surface area contributed by atoms with Crippen LogP contribution in [0.2, 0.25) is 0 Å². The van der Waals surface area contributed by atoms with E-state index >= 15 is 0 Å². The van der Waals surface area contributed by atoms with E-state index in [4.69, 9.17) is 4.74 Å². The maximum absolute atomic E-state index is 12.8. The summed E-state index contributed by atoms with van der Waals surface area (Å²) in [5, 5.41) is -0.425. The van der Waals surface area contributed by atoms with Crippen LogP contribution in [-0.2, 0) is 22.6 Å². The molecule has 2 heterocycles. The number of nitrogens with zero attached hydrogens (tertiary/aromatic N) is 2. The number of ether oxygens (including phenoxy) is 1. The number of carbonyl (C=O) groups is 3. The first-order chi connectivity index (χ1) is 15.3.